The fourth-order valence-corrected chi connectivity index (χ4v) is 3.92. The molecule has 3 amide bonds. The fraction of sp³-hybridized carbons (Fsp3) is 0.476. The summed E-state index contributed by atoms with van der Waals surface area (Å²) in [6, 6.07) is 4.73. The monoisotopic (exact) mass is 370 g/mol. The number of hydrogen-bond donors (Lipinski definition) is 1. The van der Waals surface area contributed by atoms with Gasteiger partial charge in [0.2, 0.25) is 0 Å². The Labute approximate surface area is 158 Å². The number of amides is 3. The molecule has 1 saturated heterocycles. The Morgan fingerprint density at radius 2 is 1.63 bits per heavy atom. The van der Waals surface area contributed by atoms with E-state index in [1.54, 1.807) is 0 Å². The summed E-state index contributed by atoms with van der Waals surface area (Å²) in [5, 5.41) is 3.66. The molecule has 1 N–H and O–H groups in total. The number of fused-ring (bicyclic) bond motifs is 1. The van der Waals surface area contributed by atoms with E-state index in [1.165, 1.54) is 11.0 Å². The number of rotatable bonds is 6. The first-order chi connectivity index (χ1) is 12.8. The van der Waals surface area contributed by atoms with Crippen molar-refractivity contribution in [1.82, 2.24) is 10.2 Å². The Kier molecular flexibility index (Phi) is 5.09. The first-order valence-electron chi connectivity index (χ1n) is 9.49. The van der Waals surface area contributed by atoms with Crippen LogP contribution >= 0.6 is 0 Å². The van der Waals surface area contributed by atoms with Crippen molar-refractivity contribution < 1.29 is 14.0 Å². The second-order valence-corrected chi connectivity index (χ2v) is 7.43. The zero-order valence-electron chi connectivity index (χ0n) is 16.3. The van der Waals surface area contributed by atoms with E-state index in [-0.39, 0.29) is 12.5 Å². The van der Waals surface area contributed by atoms with Crippen LogP contribution in [0.4, 0.5) is 4.79 Å². The Hall–Kier alpha value is -2.63. The molecule has 6 nitrogen and oxygen atoms in total. The molecule has 0 unspecified atom stereocenters. The Morgan fingerprint density at radius 3 is 2.26 bits per heavy atom. The largest absolute Gasteiger partial charge is 0.423 e. The summed E-state index contributed by atoms with van der Waals surface area (Å²) in [6.07, 6.45) is 2.82. The third kappa shape index (κ3) is 3.36. The SMILES string of the molecule is CCCC1(CCC)NC(=O)N(Cc2cc(=O)oc3cc(C)c(C)cc23)C1=O. The van der Waals surface area contributed by atoms with Gasteiger partial charge in [-0.15, -0.1) is 0 Å². The fourth-order valence-electron chi connectivity index (χ4n) is 3.92. The van der Waals surface area contributed by atoms with Gasteiger partial charge in [0.05, 0.1) is 6.54 Å². The predicted molar refractivity (Wildman–Crippen MR) is 104 cm³/mol. The van der Waals surface area contributed by atoms with E-state index in [2.05, 4.69) is 5.32 Å². The van der Waals surface area contributed by atoms with Gasteiger partial charge in [0, 0.05) is 11.5 Å². The van der Waals surface area contributed by atoms with Crippen LogP contribution in [0.25, 0.3) is 11.0 Å². The van der Waals surface area contributed by atoms with Crippen LogP contribution in [0.3, 0.4) is 0 Å². The Bertz CT molecular complexity index is 955. The maximum Gasteiger partial charge on any atom is 0.336 e. The van der Waals surface area contributed by atoms with Crippen molar-refractivity contribution in [2.24, 2.45) is 0 Å². The third-order valence-electron chi connectivity index (χ3n) is 5.37. The first kappa shape index (κ1) is 19.1. The predicted octanol–water partition coefficient (Wildman–Crippen LogP) is 3.80. The molecule has 0 radical (unpaired) electrons. The molecular formula is C21H26N2O4. The van der Waals surface area contributed by atoms with Crippen molar-refractivity contribution in [3.8, 4) is 0 Å². The van der Waals surface area contributed by atoms with Crippen LogP contribution in [0.1, 0.15) is 56.2 Å². The van der Waals surface area contributed by atoms with E-state index >= 15 is 0 Å². The van der Waals surface area contributed by atoms with Crippen LogP contribution < -0.4 is 10.9 Å². The molecule has 1 aliphatic heterocycles. The standard InChI is InChI=1S/C21H26N2O4/c1-5-7-21(8-6-2)19(25)23(20(26)22-21)12-15-11-18(24)27-17-10-14(4)13(3)9-16(15)17/h9-11H,5-8,12H2,1-4H3,(H,22,26). The molecule has 0 saturated carbocycles. The van der Waals surface area contributed by atoms with Crippen LogP contribution in [0.15, 0.2) is 27.4 Å². The normalized spacial score (nSPS) is 16.2. The molecule has 0 aliphatic carbocycles. The lowest BCUT2D eigenvalue weighted by Crippen LogP contribution is -2.46. The number of nitrogens with one attached hydrogen (secondary N) is 1. The average Bonchev–Trinajstić information content (AvgIpc) is 2.81. The summed E-state index contributed by atoms with van der Waals surface area (Å²) >= 11 is 0. The number of carbonyl (C=O) groups excluding carboxylic acids is 2. The smallest absolute Gasteiger partial charge is 0.336 e. The molecule has 2 heterocycles. The van der Waals surface area contributed by atoms with Crippen molar-refractivity contribution in [2.75, 3.05) is 0 Å². The summed E-state index contributed by atoms with van der Waals surface area (Å²) in [5.74, 6) is -0.207. The van der Waals surface area contributed by atoms with Crippen LogP contribution in [-0.2, 0) is 11.3 Å². The van der Waals surface area contributed by atoms with Crippen molar-refractivity contribution in [3.05, 3.63) is 45.3 Å². The molecule has 3 rings (SSSR count). The number of urea groups is 1. The summed E-state index contributed by atoms with van der Waals surface area (Å²) in [4.78, 5) is 38.9. The second-order valence-electron chi connectivity index (χ2n) is 7.43. The number of aryl methyl sites for hydroxylation is 2. The molecule has 27 heavy (non-hydrogen) atoms. The molecule has 1 aromatic carbocycles. The molecule has 0 bridgehead atoms. The van der Waals surface area contributed by atoms with Crippen LogP contribution in [0.5, 0.6) is 0 Å². The van der Waals surface area contributed by atoms with Crippen LogP contribution in [0, 0.1) is 13.8 Å². The third-order valence-corrected chi connectivity index (χ3v) is 5.37. The molecule has 2 aromatic rings. The van der Waals surface area contributed by atoms with E-state index < -0.39 is 17.2 Å². The minimum absolute atomic E-state index is 0.0600. The highest BCUT2D eigenvalue weighted by molar-refractivity contribution is 6.07. The van der Waals surface area contributed by atoms with Crippen LogP contribution in [-0.4, -0.2) is 22.4 Å². The van der Waals surface area contributed by atoms with Gasteiger partial charge >= 0.3 is 11.7 Å². The minimum atomic E-state index is -0.831. The number of imide groups is 1. The number of benzene rings is 1. The minimum Gasteiger partial charge on any atom is -0.423 e. The zero-order valence-corrected chi connectivity index (χ0v) is 16.3. The summed E-state index contributed by atoms with van der Waals surface area (Å²) in [5.41, 5.74) is 1.85. The highest BCUT2D eigenvalue weighted by Crippen LogP contribution is 2.30. The molecule has 0 atom stereocenters. The van der Waals surface area contributed by atoms with E-state index in [0.29, 0.717) is 24.0 Å². The lowest BCUT2D eigenvalue weighted by Gasteiger charge is -2.25. The molecule has 144 valence electrons. The van der Waals surface area contributed by atoms with Crippen molar-refractivity contribution in [2.45, 2.75) is 65.5 Å². The molecule has 0 spiro atoms. The Balaban J connectivity index is 2.02. The topological polar surface area (TPSA) is 79.6 Å². The van der Waals surface area contributed by atoms with Crippen molar-refractivity contribution >= 4 is 22.9 Å². The van der Waals surface area contributed by atoms with Crippen LogP contribution in [0.2, 0.25) is 0 Å². The summed E-state index contributed by atoms with van der Waals surface area (Å²) in [6.45, 7) is 7.99. The number of hydrogen-bond acceptors (Lipinski definition) is 4. The van der Waals surface area contributed by atoms with Gasteiger partial charge in [-0.3, -0.25) is 9.69 Å². The molecule has 6 heteroatoms. The van der Waals surface area contributed by atoms with E-state index in [0.717, 1.165) is 29.4 Å². The highest BCUT2D eigenvalue weighted by atomic mass is 16.4. The lowest BCUT2D eigenvalue weighted by molar-refractivity contribution is -0.132. The maximum absolute atomic E-state index is 13.1. The molecule has 1 aliphatic rings. The van der Waals surface area contributed by atoms with E-state index in [1.807, 2.05) is 39.8 Å². The van der Waals surface area contributed by atoms with Gasteiger partial charge in [0.25, 0.3) is 5.91 Å². The summed E-state index contributed by atoms with van der Waals surface area (Å²) in [7, 11) is 0. The summed E-state index contributed by atoms with van der Waals surface area (Å²) < 4.78 is 5.31. The zero-order chi connectivity index (χ0) is 19.8. The molecule has 1 aromatic heterocycles. The van der Waals surface area contributed by atoms with Gasteiger partial charge in [0.15, 0.2) is 0 Å². The van der Waals surface area contributed by atoms with Gasteiger partial charge in [-0.2, -0.15) is 0 Å². The van der Waals surface area contributed by atoms with Crippen molar-refractivity contribution in [3.63, 3.8) is 0 Å². The second kappa shape index (κ2) is 7.18. The van der Waals surface area contributed by atoms with E-state index in [9.17, 15) is 14.4 Å². The lowest BCUT2D eigenvalue weighted by atomic mass is 9.88. The number of carbonyl (C=O) groups is 2. The average molecular weight is 370 g/mol. The van der Waals surface area contributed by atoms with Gasteiger partial charge in [0.1, 0.15) is 11.1 Å². The van der Waals surface area contributed by atoms with Gasteiger partial charge in [-0.05, 0) is 55.5 Å². The van der Waals surface area contributed by atoms with E-state index in [4.69, 9.17) is 4.42 Å². The Morgan fingerprint density at radius 1 is 1.00 bits per heavy atom. The molecule has 1 fully saturated rings. The van der Waals surface area contributed by atoms with Gasteiger partial charge in [-0.25, -0.2) is 9.59 Å². The highest BCUT2D eigenvalue weighted by Gasteiger charge is 2.49. The molecular weight excluding hydrogens is 344 g/mol. The maximum atomic E-state index is 13.1. The van der Waals surface area contributed by atoms with Gasteiger partial charge < -0.3 is 9.73 Å². The number of nitrogens with zero attached hydrogens (tertiary/aromatic N) is 1. The van der Waals surface area contributed by atoms with Crippen molar-refractivity contribution in [1.29, 1.82) is 0 Å². The first-order valence-corrected chi connectivity index (χ1v) is 9.49. The van der Waals surface area contributed by atoms with Gasteiger partial charge in [-0.1, -0.05) is 26.7 Å². The quantitative estimate of drug-likeness (QED) is 0.619.